The van der Waals surface area contributed by atoms with Gasteiger partial charge in [0.15, 0.2) is 0 Å². The van der Waals surface area contributed by atoms with E-state index in [1.54, 1.807) is 25.3 Å². The number of amides is 1. The van der Waals surface area contributed by atoms with Crippen molar-refractivity contribution < 1.29 is 9.53 Å². The zero-order valence-electron chi connectivity index (χ0n) is 12.7. The van der Waals surface area contributed by atoms with E-state index in [-0.39, 0.29) is 17.2 Å². The molecule has 1 saturated carbocycles. The van der Waals surface area contributed by atoms with Crippen molar-refractivity contribution in [2.24, 2.45) is 17.1 Å². The Morgan fingerprint density at radius 2 is 2.19 bits per heavy atom. The number of thiocarbonyl (C=S) groups is 1. The second kappa shape index (κ2) is 6.02. The molecule has 21 heavy (non-hydrogen) atoms. The van der Waals surface area contributed by atoms with Crippen LogP contribution in [0.4, 0.5) is 5.69 Å². The molecule has 1 aliphatic rings. The molecule has 114 valence electrons. The maximum absolute atomic E-state index is 12.5. The molecule has 2 rings (SSSR count). The van der Waals surface area contributed by atoms with Gasteiger partial charge in [-0.2, -0.15) is 0 Å². The second-order valence-electron chi connectivity index (χ2n) is 6.20. The number of benzene rings is 1. The van der Waals surface area contributed by atoms with Crippen molar-refractivity contribution in [1.82, 2.24) is 0 Å². The molecule has 1 unspecified atom stereocenters. The summed E-state index contributed by atoms with van der Waals surface area (Å²) in [5.74, 6) is 0.667. The maximum Gasteiger partial charge on any atom is 0.228 e. The van der Waals surface area contributed by atoms with Gasteiger partial charge in [0.25, 0.3) is 0 Å². The van der Waals surface area contributed by atoms with Crippen molar-refractivity contribution in [3.05, 3.63) is 23.8 Å². The van der Waals surface area contributed by atoms with Crippen LogP contribution >= 0.6 is 12.2 Å². The van der Waals surface area contributed by atoms with Crippen molar-refractivity contribution in [2.45, 2.75) is 33.1 Å². The van der Waals surface area contributed by atoms with E-state index in [2.05, 4.69) is 19.2 Å². The van der Waals surface area contributed by atoms with E-state index in [0.717, 1.165) is 24.8 Å². The number of nitrogens with one attached hydrogen (secondary N) is 1. The summed E-state index contributed by atoms with van der Waals surface area (Å²) in [5, 5.41) is 2.98. The lowest BCUT2D eigenvalue weighted by Crippen LogP contribution is -2.30. The first kappa shape index (κ1) is 15.8. The summed E-state index contributed by atoms with van der Waals surface area (Å²) in [6, 6.07) is 5.32. The minimum atomic E-state index is 0.0393. The molecule has 1 fully saturated rings. The number of carbonyl (C=O) groups is 1. The topological polar surface area (TPSA) is 64.3 Å². The van der Waals surface area contributed by atoms with Crippen LogP contribution in [0.1, 0.15) is 38.7 Å². The molecule has 0 saturated heterocycles. The summed E-state index contributed by atoms with van der Waals surface area (Å²) >= 11 is 4.95. The average Bonchev–Trinajstić information content (AvgIpc) is 2.78. The molecule has 4 nitrogen and oxygen atoms in total. The third-order valence-electron chi connectivity index (χ3n) is 4.32. The van der Waals surface area contributed by atoms with Crippen LogP contribution in [0, 0.1) is 11.3 Å². The fourth-order valence-corrected chi connectivity index (χ4v) is 3.11. The number of rotatable bonds is 4. The zero-order chi connectivity index (χ0) is 15.6. The summed E-state index contributed by atoms with van der Waals surface area (Å²) in [5.41, 5.74) is 7.04. The normalized spacial score (nSPS) is 20.0. The van der Waals surface area contributed by atoms with E-state index in [4.69, 9.17) is 22.7 Å². The standard InChI is InChI=1S/C16H22N2O2S/c1-16(2)8-4-5-11(16)15(19)18-12-7-6-10(14(17)21)9-13(12)20-3/h6-7,9,11H,4-5,8H2,1-3H3,(H2,17,21)(H,18,19). The molecular weight excluding hydrogens is 284 g/mol. The molecular formula is C16H22N2O2S. The van der Waals surface area contributed by atoms with Crippen LogP contribution in [0.25, 0.3) is 0 Å². The predicted molar refractivity (Wildman–Crippen MR) is 88.6 cm³/mol. The Labute approximate surface area is 131 Å². The third-order valence-corrected chi connectivity index (χ3v) is 4.55. The van der Waals surface area contributed by atoms with Crippen LogP contribution in [-0.2, 0) is 4.79 Å². The lowest BCUT2D eigenvalue weighted by atomic mass is 9.81. The van der Waals surface area contributed by atoms with E-state index in [1.165, 1.54) is 0 Å². The summed E-state index contributed by atoms with van der Waals surface area (Å²) in [4.78, 5) is 12.8. The van der Waals surface area contributed by atoms with Gasteiger partial charge in [0.2, 0.25) is 5.91 Å². The number of methoxy groups -OCH3 is 1. The molecule has 0 heterocycles. The quantitative estimate of drug-likeness (QED) is 0.839. The van der Waals surface area contributed by atoms with Crippen molar-refractivity contribution in [2.75, 3.05) is 12.4 Å². The fraction of sp³-hybridized carbons (Fsp3) is 0.500. The van der Waals surface area contributed by atoms with E-state index in [9.17, 15) is 4.79 Å². The first-order valence-corrected chi connectivity index (χ1v) is 7.54. The Morgan fingerprint density at radius 3 is 2.71 bits per heavy atom. The molecule has 1 aromatic rings. The SMILES string of the molecule is COc1cc(C(N)=S)ccc1NC(=O)C1CCCC1(C)C. The Bertz CT molecular complexity index is 569. The van der Waals surface area contributed by atoms with Crippen molar-refractivity contribution in [1.29, 1.82) is 0 Å². The zero-order valence-corrected chi connectivity index (χ0v) is 13.5. The Kier molecular flexibility index (Phi) is 4.52. The van der Waals surface area contributed by atoms with Gasteiger partial charge in [-0.1, -0.05) is 32.5 Å². The van der Waals surface area contributed by atoms with E-state index < -0.39 is 0 Å². The minimum Gasteiger partial charge on any atom is -0.495 e. The molecule has 0 spiro atoms. The van der Waals surface area contributed by atoms with Crippen molar-refractivity contribution in [3.63, 3.8) is 0 Å². The molecule has 1 aromatic carbocycles. The van der Waals surface area contributed by atoms with Gasteiger partial charge in [0.05, 0.1) is 12.8 Å². The van der Waals surface area contributed by atoms with Gasteiger partial charge in [-0.3, -0.25) is 4.79 Å². The van der Waals surface area contributed by atoms with Gasteiger partial charge in [-0.25, -0.2) is 0 Å². The molecule has 0 radical (unpaired) electrons. The van der Waals surface area contributed by atoms with Crippen LogP contribution in [0.15, 0.2) is 18.2 Å². The Balaban J connectivity index is 2.19. The molecule has 0 aromatic heterocycles. The van der Waals surface area contributed by atoms with Crippen LogP contribution in [0.5, 0.6) is 5.75 Å². The highest BCUT2D eigenvalue weighted by atomic mass is 32.1. The monoisotopic (exact) mass is 306 g/mol. The smallest absolute Gasteiger partial charge is 0.228 e. The fourth-order valence-electron chi connectivity index (χ4n) is 2.98. The number of hydrogen-bond acceptors (Lipinski definition) is 3. The largest absolute Gasteiger partial charge is 0.495 e. The number of ether oxygens (including phenoxy) is 1. The summed E-state index contributed by atoms with van der Waals surface area (Å²) in [7, 11) is 1.56. The third kappa shape index (κ3) is 3.35. The summed E-state index contributed by atoms with van der Waals surface area (Å²) < 4.78 is 5.32. The van der Waals surface area contributed by atoms with Gasteiger partial charge < -0.3 is 15.8 Å². The van der Waals surface area contributed by atoms with Crippen LogP contribution in [-0.4, -0.2) is 18.0 Å². The molecule has 3 N–H and O–H groups in total. The van der Waals surface area contributed by atoms with E-state index in [0.29, 0.717) is 16.4 Å². The van der Waals surface area contributed by atoms with E-state index >= 15 is 0 Å². The summed E-state index contributed by atoms with van der Waals surface area (Å²) in [6.45, 7) is 4.30. The molecule has 5 heteroatoms. The number of carbonyl (C=O) groups excluding carboxylic acids is 1. The Morgan fingerprint density at radius 1 is 1.48 bits per heavy atom. The molecule has 1 atom stereocenters. The van der Waals surface area contributed by atoms with Gasteiger partial charge in [0, 0.05) is 11.5 Å². The van der Waals surface area contributed by atoms with Crippen molar-refractivity contribution >= 4 is 28.8 Å². The number of nitrogens with two attached hydrogens (primary N) is 1. The maximum atomic E-state index is 12.5. The number of hydrogen-bond donors (Lipinski definition) is 2. The van der Waals surface area contributed by atoms with Gasteiger partial charge in [0.1, 0.15) is 10.7 Å². The van der Waals surface area contributed by atoms with Crippen LogP contribution in [0.2, 0.25) is 0 Å². The van der Waals surface area contributed by atoms with Gasteiger partial charge in [-0.15, -0.1) is 0 Å². The molecule has 0 aliphatic heterocycles. The van der Waals surface area contributed by atoms with Crippen LogP contribution < -0.4 is 15.8 Å². The van der Waals surface area contributed by atoms with Gasteiger partial charge >= 0.3 is 0 Å². The first-order valence-electron chi connectivity index (χ1n) is 7.14. The summed E-state index contributed by atoms with van der Waals surface area (Å²) in [6.07, 6.45) is 3.12. The average molecular weight is 306 g/mol. The van der Waals surface area contributed by atoms with E-state index in [1.807, 2.05) is 0 Å². The van der Waals surface area contributed by atoms with Crippen LogP contribution in [0.3, 0.4) is 0 Å². The van der Waals surface area contributed by atoms with Crippen molar-refractivity contribution in [3.8, 4) is 5.75 Å². The highest BCUT2D eigenvalue weighted by molar-refractivity contribution is 7.80. The lowest BCUT2D eigenvalue weighted by molar-refractivity contribution is -0.122. The molecule has 0 bridgehead atoms. The molecule has 1 aliphatic carbocycles. The number of anilines is 1. The molecule has 1 amide bonds. The Hall–Kier alpha value is -1.62. The highest BCUT2D eigenvalue weighted by Gasteiger charge is 2.39. The predicted octanol–water partition coefficient (Wildman–Crippen LogP) is 3.09. The van der Waals surface area contributed by atoms with Gasteiger partial charge in [-0.05, 0) is 36.5 Å². The second-order valence-corrected chi connectivity index (χ2v) is 6.64. The first-order chi connectivity index (χ1) is 9.85. The lowest BCUT2D eigenvalue weighted by Gasteiger charge is -2.26. The highest BCUT2D eigenvalue weighted by Crippen LogP contribution is 2.43. The minimum absolute atomic E-state index is 0.0393.